The Balaban J connectivity index is 1.79. The fraction of sp³-hybridized carbons (Fsp3) is 0.286. The molecule has 4 nitrogen and oxygen atoms in total. The van der Waals surface area contributed by atoms with E-state index in [4.69, 9.17) is 0 Å². The van der Waals surface area contributed by atoms with Gasteiger partial charge in [-0.15, -0.1) is 0 Å². The van der Waals surface area contributed by atoms with Crippen molar-refractivity contribution in [2.24, 2.45) is 0 Å². The average molecular weight is 241 g/mol. The molecule has 1 aromatic carbocycles. The fourth-order valence-electron chi connectivity index (χ4n) is 2.29. The number of fused-ring (bicyclic) bond motifs is 1. The molecule has 0 aliphatic carbocycles. The molecule has 0 unspecified atom stereocenters. The predicted molar refractivity (Wildman–Crippen MR) is 71.4 cm³/mol. The first-order chi connectivity index (χ1) is 8.83. The first-order valence-electron chi connectivity index (χ1n) is 6.22. The van der Waals surface area contributed by atoms with Gasteiger partial charge in [0.25, 0.3) is 0 Å². The van der Waals surface area contributed by atoms with Crippen molar-refractivity contribution in [1.82, 2.24) is 10.3 Å². The Hall–Kier alpha value is -1.94. The van der Waals surface area contributed by atoms with Crippen molar-refractivity contribution in [3.63, 3.8) is 0 Å². The number of nitrogens with zero attached hydrogens (tertiary/aromatic N) is 1. The lowest BCUT2D eigenvalue weighted by Gasteiger charge is -2.11. The SMILES string of the molecule is O=C(Nc1ccc2ncccc2c1)[C@@H]1CCCN1. The molecule has 2 aromatic rings. The van der Waals surface area contributed by atoms with Gasteiger partial charge in [0, 0.05) is 17.3 Å². The van der Waals surface area contributed by atoms with Crippen LogP contribution in [0.2, 0.25) is 0 Å². The van der Waals surface area contributed by atoms with E-state index in [9.17, 15) is 4.79 Å². The van der Waals surface area contributed by atoms with E-state index in [1.807, 2.05) is 30.3 Å². The summed E-state index contributed by atoms with van der Waals surface area (Å²) < 4.78 is 0. The Morgan fingerprint density at radius 1 is 1.39 bits per heavy atom. The van der Waals surface area contributed by atoms with Gasteiger partial charge in [0.2, 0.25) is 5.91 Å². The van der Waals surface area contributed by atoms with Crippen LogP contribution in [0.4, 0.5) is 5.69 Å². The molecule has 0 bridgehead atoms. The minimum absolute atomic E-state index is 0.0467. The number of rotatable bonds is 2. The van der Waals surface area contributed by atoms with Crippen molar-refractivity contribution in [3.05, 3.63) is 36.5 Å². The minimum atomic E-state index is -0.0467. The third kappa shape index (κ3) is 2.19. The first kappa shape index (κ1) is 11.2. The van der Waals surface area contributed by atoms with E-state index >= 15 is 0 Å². The smallest absolute Gasteiger partial charge is 0.241 e. The molecule has 1 aliphatic rings. The maximum Gasteiger partial charge on any atom is 0.241 e. The van der Waals surface area contributed by atoms with Crippen LogP contribution in [0, 0.1) is 0 Å². The Bertz CT molecular complexity index is 576. The molecule has 3 rings (SSSR count). The van der Waals surface area contributed by atoms with E-state index in [0.29, 0.717) is 0 Å². The highest BCUT2D eigenvalue weighted by Gasteiger charge is 2.21. The summed E-state index contributed by atoms with van der Waals surface area (Å²) in [5, 5.41) is 7.17. The molecule has 2 heterocycles. The lowest BCUT2D eigenvalue weighted by molar-refractivity contribution is -0.117. The molecular weight excluding hydrogens is 226 g/mol. The Morgan fingerprint density at radius 2 is 2.33 bits per heavy atom. The number of nitrogens with one attached hydrogen (secondary N) is 2. The second-order valence-corrected chi connectivity index (χ2v) is 4.55. The molecule has 0 spiro atoms. The van der Waals surface area contributed by atoms with E-state index in [0.717, 1.165) is 36.0 Å². The lowest BCUT2D eigenvalue weighted by atomic mass is 10.2. The van der Waals surface area contributed by atoms with Gasteiger partial charge in [0.1, 0.15) is 0 Å². The zero-order chi connectivity index (χ0) is 12.4. The molecule has 0 saturated carbocycles. The van der Waals surface area contributed by atoms with Crippen molar-refractivity contribution >= 4 is 22.5 Å². The van der Waals surface area contributed by atoms with Gasteiger partial charge in [-0.3, -0.25) is 9.78 Å². The normalized spacial score (nSPS) is 19.0. The maximum atomic E-state index is 12.0. The van der Waals surface area contributed by atoms with Gasteiger partial charge < -0.3 is 10.6 Å². The maximum absolute atomic E-state index is 12.0. The number of pyridine rings is 1. The quantitative estimate of drug-likeness (QED) is 0.844. The van der Waals surface area contributed by atoms with Crippen LogP contribution >= 0.6 is 0 Å². The topological polar surface area (TPSA) is 54.0 Å². The summed E-state index contributed by atoms with van der Waals surface area (Å²) in [6.07, 6.45) is 3.75. The number of hydrogen-bond acceptors (Lipinski definition) is 3. The van der Waals surface area contributed by atoms with Crippen LogP contribution < -0.4 is 10.6 Å². The van der Waals surface area contributed by atoms with Gasteiger partial charge in [-0.1, -0.05) is 6.07 Å². The zero-order valence-electron chi connectivity index (χ0n) is 10.0. The predicted octanol–water partition coefficient (Wildman–Crippen LogP) is 1.93. The summed E-state index contributed by atoms with van der Waals surface area (Å²) in [5.41, 5.74) is 1.77. The highest BCUT2D eigenvalue weighted by atomic mass is 16.2. The summed E-state index contributed by atoms with van der Waals surface area (Å²) in [4.78, 5) is 16.2. The van der Waals surface area contributed by atoms with E-state index in [-0.39, 0.29) is 11.9 Å². The van der Waals surface area contributed by atoms with Crippen LogP contribution in [0.25, 0.3) is 10.9 Å². The summed E-state index contributed by atoms with van der Waals surface area (Å²) in [6, 6.07) is 9.61. The minimum Gasteiger partial charge on any atom is -0.325 e. The van der Waals surface area contributed by atoms with Gasteiger partial charge in [-0.25, -0.2) is 0 Å². The van der Waals surface area contributed by atoms with Gasteiger partial charge in [-0.2, -0.15) is 0 Å². The van der Waals surface area contributed by atoms with E-state index in [1.54, 1.807) is 6.20 Å². The third-order valence-corrected chi connectivity index (χ3v) is 3.25. The van der Waals surface area contributed by atoms with Crippen molar-refractivity contribution < 1.29 is 4.79 Å². The molecule has 0 radical (unpaired) electrons. The van der Waals surface area contributed by atoms with Crippen LogP contribution in [-0.4, -0.2) is 23.5 Å². The van der Waals surface area contributed by atoms with Crippen molar-refractivity contribution in [2.75, 3.05) is 11.9 Å². The molecular formula is C14H15N3O. The first-order valence-corrected chi connectivity index (χ1v) is 6.22. The van der Waals surface area contributed by atoms with E-state index < -0.39 is 0 Å². The van der Waals surface area contributed by atoms with Crippen molar-refractivity contribution in [2.45, 2.75) is 18.9 Å². The van der Waals surface area contributed by atoms with Crippen LogP contribution in [0.1, 0.15) is 12.8 Å². The van der Waals surface area contributed by atoms with Crippen LogP contribution in [0.15, 0.2) is 36.5 Å². The van der Waals surface area contributed by atoms with Crippen LogP contribution in [0.3, 0.4) is 0 Å². The van der Waals surface area contributed by atoms with Crippen molar-refractivity contribution in [3.8, 4) is 0 Å². The largest absolute Gasteiger partial charge is 0.325 e. The highest BCUT2D eigenvalue weighted by Crippen LogP contribution is 2.17. The molecule has 1 atom stereocenters. The Morgan fingerprint density at radius 3 is 3.17 bits per heavy atom. The summed E-state index contributed by atoms with van der Waals surface area (Å²) in [7, 11) is 0. The average Bonchev–Trinajstić information content (AvgIpc) is 2.92. The lowest BCUT2D eigenvalue weighted by Crippen LogP contribution is -2.35. The number of hydrogen-bond donors (Lipinski definition) is 2. The summed E-state index contributed by atoms with van der Waals surface area (Å²) in [5.74, 6) is 0.0516. The van der Waals surface area contributed by atoms with E-state index in [1.165, 1.54) is 0 Å². The molecule has 92 valence electrons. The molecule has 18 heavy (non-hydrogen) atoms. The second-order valence-electron chi connectivity index (χ2n) is 4.55. The van der Waals surface area contributed by atoms with E-state index in [2.05, 4.69) is 15.6 Å². The molecule has 1 saturated heterocycles. The molecule has 1 aliphatic heterocycles. The Labute approximate surface area is 105 Å². The molecule has 1 fully saturated rings. The molecule has 1 amide bonds. The van der Waals surface area contributed by atoms with Crippen LogP contribution in [0.5, 0.6) is 0 Å². The van der Waals surface area contributed by atoms with Gasteiger partial charge in [0.15, 0.2) is 0 Å². The number of anilines is 1. The summed E-state index contributed by atoms with van der Waals surface area (Å²) in [6.45, 7) is 0.930. The van der Waals surface area contributed by atoms with Crippen molar-refractivity contribution in [1.29, 1.82) is 0 Å². The third-order valence-electron chi connectivity index (χ3n) is 3.25. The highest BCUT2D eigenvalue weighted by molar-refractivity contribution is 5.96. The monoisotopic (exact) mass is 241 g/mol. The summed E-state index contributed by atoms with van der Waals surface area (Å²) >= 11 is 0. The Kier molecular flexibility index (Phi) is 2.94. The number of benzene rings is 1. The number of aromatic nitrogens is 1. The number of carbonyl (C=O) groups is 1. The number of carbonyl (C=O) groups excluding carboxylic acids is 1. The van der Waals surface area contributed by atoms with Gasteiger partial charge >= 0.3 is 0 Å². The zero-order valence-corrected chi connectivity index (χ0v) is 10.0. The van der Waals surface area contributed by atoms with Gasteiger partial charge in [-0.05, 0) is 43.7 Å². The second kappa shape index (κ2) is 4.74. The van der Waals surface area contributed by atoms with Crippen LogP contribution in [-0.2, 0) is 4.79 Å². The fourth-order valence-corrected chi connectivity index (χ4v) is 2.29. The number of amides is 1. The molecule has 2 N–H and O–H groups in total. The molecule has 4 heteroatoms. The standard InChI is InChI=1S/C14H15N3O/c18-14(13-4-2-8-16-13)17-11-5-6-12-10(9-11)3-1-7-15-12/h1,3,5-7,9,13,16H,2,4,8H2,(H,17,18)/t13-/m0/s1. The molecule has 1 aromatic heterocycles. The van der Waals surface area contributed by atoms with Gasteiger partial charge in [0.05, 0.1) is 11.6 Å².